The average molecular weight is 317 g/mol. The maximum atomic E-state index is 6.34. The number of fused-ring (bicyclic) bond motifs is 1. The van der Waals surface area contributed by atoms with Gasteiger partial charge in [-0.05, 0) is 37.3 Å². The van der Waals surface area contributed by atoms with Crippen LogP contribution in [0, 0.1) is 0 Å². The molecule has 106 valence electrons. The molecular weight excluding hydrogens is 303 g/mol. The summed E-state index contributed by atoms with van der Waals surface area (Å²) in [5.74, 6) is 0.834. The molecule has 0 N–H and O–H groups in total. The van der Waals surface area contributed by atoms with Gasteiger partial charge in [-0.15, -0.1) is 0 Å². The normalized spacial score (nSPS) is 11.0. The van der Waals surface area contributed by atoms with Crippen LogP contribution in [0.3, 0.4) is 0 Å². The number of para-hydroxylation sites is 2. The molecule has 0 aliphatic rings. The number of hydrogen-bond donors (Lipinski definition) is 0. The highest BCUT2D eigenvalue weighted by Gasteiger charge is 2.15. The third-order valence-corrected chi connectivity index (χ3v) is 3.80. The number of benzene rings is 2. The molecule has 0 fully saturated rings. The first-order valence-corrected chi connectivity index (χ1v) is 7.37. The average Bonchev–Trinajstić information content (AvgIpc) is 2.77. The topological polar surface area (TPSA) is 17.8 Å². The van der Waals surface area contributed by atoms with E-state index < -0.39 is 0 Å². The highest BCUT2D eigenvalue weighted by atomic mass is 35.5. The molecule has 0 saturated carbocycles. The lowest BCUT2D eigenvalue weighted by atomic mass is 10.2. The number of allylic oxidation sites excluding steroid dienone is 1. The van der Waals surface area contributed by atoms with Gasteiger partial charge >= 0.3 is 0 Å². The van der Waals surface area contributed by atoms with Crippen molar-refractivity contribution in [1.29, 1.82) is 0 Å². The smallest absolute Gasteiger partial charge is 0.142 e. The van der Waals surface area contributed by atoms with Crippen LogP contribution < -0.4 is 0 Å². The Bertz CT molecular complexity index is 834. The van der Waals surface area contributed by atoms with Crippen molar-refractivity contribution in [3.63, 3.8) is 0 Å². The van der Waals surface area contributed by atoms with Crippen molar-refractivity contribution >= 4 is 34.2 Å². The predicted molar refractivity (Wildman–Crippen MR) is 90.0 cm³/mol. The monoisotopic (exact) mass is 316 g/mol. The standard InChI is InChI=1S/C17H14Cl2N2/c1-11(2)10-21-16-6-4-3-5-15(16)20-17(21)13-8-7-12(18)9-14(13)19/h3-9H,1,10H2,2H3. The third kappa shape index (κ3) is 2.69. The Morgan fingerprint density at radius 2 is 1.95 bits per heavy atom. The second-order valence-corrected chi connectivity index (χ2v) is 5.94. The Balaban J connectivity index is 2.28. The largest absolute Gasteiger partial charge is 0.320 e. The van der Waals surface area contributed by atoms with Crippen LogP contribution in [0.1, 0.15) is 6.92 Å². The van der Waals surface area contributed by atoms with Gasteiger partial charge in [0.2, 0.25) is 0 Å². The summed E-state index contributed by atoms with van der Waals surface area (Å²) in [5.41, 5.74) is 3.95. The second kappa shape index (κ2) is 5.55. The van der Waals surface area contributed by atoms with Crippen molar-refractivity contribution in [3.8, 4) is 11.4 Å². The lowest BCUT2D eigenvalue weighted by Crippen LogP contribution is -2.01. The van der Waals surface area contributed by atoms with Gasteiger partial charge in [0.25, 0.3) is 0 Å². The van der Waals surface area contributed by atoms with E-state index in [1.807, 2.05) is 37.3 Å². The van der Waals surface area contributed by atoms with Crippen LogP contribution in [0.5, 0.6) is 0 Å². The zero-order chi connectivity index (χ0) is 15.0. The molecule has 3 rings (SSSR count). The summed E-state index contributed by atoms with van der Waals surface area (Å²) in [5, 5.41) is 1.21. The molecule has 2 nitrogen and oxygen atoms in total. The van der Waals surface area contributed by atoms with E-state index in [0.717, 1.165) is 28.0 Å². The minimum absolute atomic E-state index is 0.598. The van der Waals surface area contributed by atoms with Crippen LogP contribution >= 0.6 is 23.2 Å². The molecule has 0 bridgehead atoms. The quantitative estimate of drug-likeness (QED) is 0.576. The van der Waals surface area contributed by atoms with Crippen LogP contribution in [0.2, 0.25) is 10.0 Å². The van der Waals surface area contributed by atoms with Crippen LogP contribution in [-0.2, 0) is 6.54 Å². The highest BCUT2D eigenvalue weighted by molar-refractivity contribution is 6.36. The van der Waals surface area contributed by atoms with Gasteiger partial charge in [-0.1, -0.05) is 47.5 Å². The second-order valence-electron chi connectivity index (χ2n) is 5.09. The summed E-state index contributed by atoms with van der Waals surface area (Å²) >= 11 is 12.3. The maximum Gasteiger partial charge on any atom is 0.142 e. The first kappa shape index (κ1) is 14.2. The van der Waals surface area contributed by atoms with Gasteiger partial charge in [0.05, 0.1) is 16.1 Å². The lowest BCUT2D eigenvalue weighted by molar-refractivity contribution is 0.820. The molecule has 0 saturated heterocycles. The molecule has 21 heavy (non-hydrogen) atoms. The van der Waals surface area contributed by atoms with E-state index in [9.17, 15) is 0 Å². The third-order valence-electron chi connectivity index (χ3n) is 3.25. The molecule has 0 aliphatic heterocycles. The Hall–Kier alpha value is -1.77. The molecular formula is C17H14Cl2N2. The Morgan fingerprint density at radius 1 is 1.19 bits per heavy atom. The molecule has 0 amide bonds. The van der Waals surface area contributed by atoms with Crippen molar-refractivity contribution in [2.24, 2.45) is 0 Å². The van der Waals surface area contributed by atoms with Gasteiger partial charge in [0, 0.05) is 17.1 Å². The summed E-state index contributed by atoms with van der Waals surface area (Å²) in [6, 6.07) is 13.5. The first-order chi connectivity index (χ1) is 10.1. The number of aromatic nitrogens is 2. The van der Waals surface area contributed by atoms with Crippen molar-refractivity contribution in [3.05, 3.63) is 64.7 Å². The van der Waals surface area contributed by atoms with E-state index in [0.29, 0.717) is 16.6 Å². The Labute approximate surface area is 133 Å². The van der Waals surface area contributed by atoms with Crippen molar-refractivity contribution < 1.29 is 0 Å². The molecule has 2 aromatic carbocycles. The number of nitrogens with zero attached hydrogens (tertiary/aromatic N) is 2. The minimum Gasteiger partial charge on any atom is -0.320 e. The van der Waals surface area contributed by atoms with Gasteiger partial charge in [-0.25, -0.2) is 4.98 Å². The number of rotatable bonds is 3. The van der Waals surface area contributed by atoms with Gasteiger partial charge in [-0.3, -0.25) is 0 Å². The molecule has 1 aromatic heterocycles. The zero-order valence-corrected chi connectivity index (χ0v) is 13.1. The molecule has 0 spiro atoms. The van der Waals surface area contributed by atoms with E-state index in [2.05, 4.69) is 17.2 Å². The van der Waals surface area contributed by atoms with Crippen molar-refractivity contribution in [1.82, 2.24) is 9.55 Å². The van der Waals surface area contributed by atoms with E-state index in [1.165, 1.54) is 0 Å². The minimum atomic E-state index is 0.598. The molecule has 0 unspecified atom stereocenters. The molecule has 0 aliphatic carbocycles. The lowest BCUT2D eigenvalue weighted by Gasteiger charge is -2.10. The molecule has 0 radical (unpaired) electrons. The number of halogens is 2. The summed E-state index contributed by atoms with van der Waals surface area (Å²) in [4.78, 5) is 4.72. The highest BCUT2D eigenvalue weighted by Crippen LogP contribution is 2.32. The van der Waals surface area contributed by atoms with Crippen LogP contribution in [0.4, 0.5) is 0 Å². The Kier molecular flexibility index (Phi) is 3.75. The van der Waals surface area contributed by atoms with E-state index in [1.54, 1.807) is 6.07 Å². The fourth-order valence-electron chi connectivity index (χ4n) is 2.38. The Morgan fingerprint density at radius 3 is 2.67 bits per heavy atom. The van der Waals surface area contributed by atoms with Crippen molar-refractivity contribution in [2.45, 2.75) is 13.5 Å². The van der Waals surface area contributed by atoms with E-state index in [-0.39, 0.29) is 0 Å². The molecule has 1 heterocycles. The number of hydrogen-bond acceptors (Lipinski definition) is 1. The van der Waals surface area contributed by atoms with Crippen LogP contribution in [0.25, 0.3) is 22.4 Å². The SMILES string of the molecule is C=C(C)Cn1c(-c2ccc(Cl)cc2Cl)nc2ccccc21. The maximum absolute atomic E-state index is 6.34. The van der Waals surface area contributed by atoms with Gasteiger partial charge in [-0.2, -0.15) is 0 Å². The van der Waals surface area contributed by atoms with E-state index in [4.69, 9.17) is 28.2 Å². The summed E-state index contributed by atoms with van der Waals surface area (Å²) < 4.78 is 2.13. The van der Waals surface area contributed by atoms with Crippen molar-refractivity contribution in [2.75, 3.05) is 0 Å². The fourth-order valence-corrected chi connectivity index (χ4v) is 2.87. The fraction of sp³-hybridized carbons (Fsp3) is 0.118. The molecule has 3 aromatic rings. The molecule has 0 atom stereocenters. The van der Waals surface area contributed by atoms with E-state index >= 15 is 0 Å². The predicted octanol–water partition coefficient (Wildman–Crippen LogP) is 5.59. The van der Waals surface area contributed by atoms with Gasteiger partial charge < -0.3 is 4.57 Å². The van der Waals surface area contributed by atoms with Crippen LogP contribution in [0.15, 0.2) is 54.6 Å². The molecule has 4 heteroatoms. The van der Waals surface area contributed by atoms with Gasteiger partial charge in [0.15, 0.2) is 0 Å². The summed E-state index contributed by atoms with van der Waals surface area (Å²) in [7, 11) is 0. The van der Waals surface area contributed by atoms with Crippen LogP contribution in [-0.4, -0.2) is 9.55 Å². The summed E-state index contributed by atoms with van der Waals surface area (Å²) in [6.07, 6.45) is 0. The number of imidazole rings is 1. The zero-order valence-electron chi connectivity index (χ0n) is 11.6. The first-order valence-electron chi connectivity index (χ1n) is 6.61. The van der Waals surface area contributed by atoms with Gasteiger partial charge in [0.1, 0.15) is 5.82 Å². The summed E-state index contributed by atoms with van der Waals surface area (Å²) in [6.45, 7) is 6.71.